The Morgan fingerprint density at radius 1 is 0.952 bits per heavy atom. The van der Waals surface area contributed by atoms with Crippen molar-refractivity contribution in [2.24, 2.45) is 0 Å². The van der Waals surface area contributed by atoms with Crippen molar-refractivity contribution < 1.29 is 17.9 Å². The molecule has 21 heavy (non-hydrogen) atoms. The van der Waals surface area contributed by atoms with Crippen molar-refractivity contribution >= 4 is 9.84 Å². The monoisotopic (exact) mass is 304 g/mol. The third-order valence-corrected chi connectivity index (χ3v) is 3.81. The second kappa shape index (κ2) is 6.45. The summed E-state index contributed by atoms with van der Waals surface area (Å²) in [5.74, 6) is 1.95. The Balaban J connectivity index is 2.06. The standard InChI is InChI=1S/C16H16O4S/c1-3-12-19-13-4-6-14(7-5-13)20-15-8-10-16(11-9-15)21(2,17)18/h3-11H,1,12H2,2H3. The minimum atomic E-state index is -3.19. The first-order chi connectivity index (χ1) is 9.99. The van der Waals surface area contributed by atoms with Crippen molar-refractivity contribution in [1.82, 2.24) is 0 Å². The van der Waals surface area contributed by atoms with Gasteiger partial charge in [-0.1, -0.05) is 12.7 Å². The molecule has 0 radical (unpaired) electrons. The quantitative estimate of drug-likeness (QED) is 0.767. The second-order valence-corrected chi connectivity index (χ2v) is 6.43. The van der Waals surface area contributed by atoms with Gasteiger partial charge in [0.25, 0.3) is 0 Å². The fourth-order valence-corrected chi connectivity index (χ4v) is 2.28. The maximum atomic E-state index is 11.4. The first kappa shape index (κ1) is 15.1. The zero-order chi connectivity index (χ0) is 15.3. The van der Waals surface area contributed by atoms with E-state index in [1.165, 1.54) is 18.4 Å². The van der Waals surface area contributed by atoms with E-state index in [0.717, 1.165) is 5.75 Å². The smallest absolute Gasteiger partial charge is 0.175 e. The van der Waals surface area contributed by atoms with Crippen LogP contribution in [0, 0.1) is 0 Å². The molecule has 0 aliphatic carbocycles. The summed E-state index contributed by atoms with van der Waals surface area (Å²) >= 11 is 0. The van der Waals surface area contributed by atoms with Crippen molar-refractivity contribution in [2.45, 2.75) is 4.90 Å². The fraction of sp³-hybridized carbons (Fsp3) is 0.125. The Kier molecular flexibility index (Phi) is 4.65. The van der Waals surface area contributed by atoms with Crippen molar-refractivity contribution in [1.29, 1.82) is 0 Å². The zero-order valence-corrected chi connectivity index (χ0v) is 12.5. The molecule has 2 rings (SSSR count). The molecule has 0 aromatic heterocycles. The van der Waals surface area contributed by atoms with Gasteiger partial charge in [0.05, 0.1) is 4.90 Å². The molecule has 0 spiro atoms. The summed E-state index contributed by atoms with van der Waals surface area (Å²) in [6.07, 6.45) is 2.85. The predicted molar refractivity (Wildman–Crippen MR) is 81.8 cm³/mol. The van der Waals surface area contributed by atoms with Gasteiger partial charge in [0.1, 0.15) is 23.9 Å². The highest BCUT2D eigenvalue weighted by atomic mass is 32.2. The molecule has 0 saturated carbocycles. The van der Waals surface area contributed by atoms with E-state index < -0.39 is 9.84 Å². The van der Waals surface area contributed by atoms with E-state index in [-0.39, 0.29) is 4.90 Å². The van der Waals surface area contributed by atoms with Crippen LogP contribution in [0.15, 0.2) is 66.1 Å². The Labute approximate surface area is 124 Å². The molecule has 2 aromatic carbocycles. The van der Waals surface area contributed by atoms with Crippen molar-refractivity contribution in [3.8, 4) is 17.2 Å². The Hall–Kier alpha value is -2.27. The van der Waals surface area contributed by atoms with E-state index in [4.69, 9.17) is 9.47 Å². The van der Waals surface area contributed by atoms with Crippen LogP contribution in [-0.4, -0.2) is 21.3 Å². The first-order valence-corrected chi connectivity index (χ1v) is 8.20. The number of hydrogen-bond acceptors (Lipinski definition) is 4. The van der Waals surface area contributed by atoms with Crippen LogP contribution in [0.25, 0.3) is 0 Å². The van der Waals surface area contributed by atoms with Crippen LogP contribution in [0.2, 0.25) is 0 Å². The van der Waals surface area contributed by atoms with Gasteiger partial charge in [-0.05, 0) is 48.5 Å². The molecule has 5 heteroatoms. The molecular formula is C16H16O4S. The largest absolute Gasteiger partial charge is 0.490 e. The maximum absolute atomic E-state index is 11.4. The van der Waals surface area contributed by atoms with Crippen LogP contribution in [0.1, 0.15) is 0 Å². The van der Waals surface area contributed by atoms with Crippen LogP contribution >= 0.6 is 0 Å². The minimum Gasteiger partial charge on any atom is -0.490 e. The van der Waals surface area contributed by atoms with Crippen LogP contribution in [0.3, 0.4) is 0 Å². The number of sulfone groups is 1. The summed E-state index contributed by atoms with van der Waals surface area (Å²) in [7, 11) is -3.19. The molecule has 110 valence electrons. The summed E-state index contributed by atoms with van der Waals surface area (Å²) in [4.78, 5) is 0.267. The molecule has 2 aromatic rings. The molecule has 0 aliphatic rings. The topological polar surface area (TPSA) is 52.6 Å². The molecule has 0 bridgehead atoms. The van der Waals surface area contributed by atoms with Gasteiger partial charge in [0.15, 0.2) is 9.84 Å². The first-order valence-electron chi connectivity index (χ1n) is 6.31. The van der Waals surface area contributed by atoms with Gasteiger partial charge >= 0.3 is 0 Å². The summed E-state index contributed by atoms with van der Waals surface area (Å²) in [6.45, 7) is 4.03. The average Bonchev–Trinajstić information content (AvgIpc) is 2.46. The molecule has 0 atom stereocenters. The van der Waals surface area contributed by atoms with Gasteiger partial charge in [0, 0.05) is 6.26 Å². The molecule has 0 heterocycles. The summed E-state index contributed by atoms with van der Waals surface area (Å²) in [5, 5.41) is 0. The molecule has 0 aliphatic heterocycles. The highest BCUT2D eigenvalue weighted by Crippen LogP contribution is 2.24. The SMILES string of the molecule is C=CCOc1ccc(Oc2ccc(S(C)(=O)=O)cc2)cc1. The average molecular weight is 304 g/mol. The predicted octanol–water partition coefficient (Wildman–Crippen LogP) is 3.45. The highest BCUT2D eigenvalue weighted by molar-refractivity contribution is 7.90. The van der Waals surface area contributed by atoms with Crippen LogP contribution in [-0.2, 0) is 9.84 Å². The van der Waals surface area contributed by atoms with Gasteiger partial charge in [-0.2, -0.15) is 0 Å². The summed E-state index contributed by atoms with van der Waals surface area (Å²) < 4.78 is 33.7. The Morgan fingerprint density at radius 3 is 1.90 bits per heavy atom. The molecule has 4 nitrogen and oxygen atoms in total. The van der Waals surface area contributed by atoms with Crippen LogP contribution < -0.4 is 9.47 Å². The number of rotatable bonds is 6. The molecule has 0 fully saturated rings. The molecule has 0 N–H and O–H groups in total. The van der Waals surface area contributed by atoms with Crippen LogP contribution in [0.4, 0.5) is 0 Å². The lowest BCUT2D eigenvalue weighted by Gasteiger charge is -2.08. The third-order valence-electron chi connectivity index (χ3n) is 2.68. The summed E-state index contributed by atoms with van der Waals surface area (Å²) in [5.41, 5.74) is 0. The van der Waals surface area contributed by atoms with E-state index in [2.05, 4.69) is 6.58 Å². The van der Waals surface area contributed by atoms with E-state index in [1.807, 2.05) is 0 Å². The zero-order valence-electron chi connectivity index (χ0n) is 11.7. The fourth-order valence-electron chi connectivity index (χ4n) is 1.65. The molecule has 0 unspecified atom stereocenters. The molecular weight excluding hydrogens is 288 g/mol. The lowest BCUT2D eigenvalue weighted by molar-refractivity contribution is 0.362. The normalized spacial score (nSPS) is 10.9. The number of ether oxygens (including phenoxy) is 2. The van der Waals surface area contributed by atoms with Gasteiger partial charge in [-0.25, -0.2) is 8.42 Å². The van der Waals surface area contributed by atoms with Crippen LogP contribution in [0.5, 0.6) is 17.2 Å². The van der Waals surface area contributed by atoms with Crippen molar-refractivity contribution in [3.05, 3.63) is 61.2 Å². The highest BCUT2D eigenvalue weighted by Gasteiger charge is 2.06. The van der Waals surface area contributed by atoms with Crippen molar-refractivity contribution in [2.75, 3.05) is 12.9 Å². The van der Waals surface area contributed by atoms with Gasteiger partial charge in [-0.15, -0.1) is 0 Å². The molecule has 0 amide bonds. The van der Waals surface area contributed by atoms with E-state index in [1.54, 1.807) is 42.5 Å². The van der Waals surface area contributed by atoms with E-state index >= 15 is 0 Å². The second-order valence-electron chi connectivity index (χ2n) is 4.42. The Morgan fingerprint density at radius 2 is 1.43 bits per heavy atom. The summed E-state index contributed by atoms with van der Waals surface area (Å²) in [6, 6.07) is 13.4. The number of benzene rings is 2. The maximum Gasteiger partial charge on any atom is 0.175 e. The molecule has 0 saturated heterocycles. The van der Waals surface area contributed by atoms with Gasteiger partial charge in [-0.3, -0.25) is 0 Å². The van der Waals surface area contributed by atoms with Crippen molar-refractivity contribution in [3.63, 3.8) is 0 Å². The van der Waals surface area contributed by atoms with E-state index in [9.17, 15) is 8.42 Å². The minimum absolute atomic E-state index is 0.267. The third kappa shape index (κ3) is 4.36. The Bertz CT molecular complexity index is 701. The van der Waals surface area contributed by atoms with Gasteiger partial charge < -0.3 is 9.47 Å². The number of hydrogen-bond donors (Lipinski definition) is 0. The van der Waals surface area contributed by atoms with E-state index in [0.29, 0.717) is 18.1 Å². The lowest BCUT2D eigenvalue weighted by atomic mass is 10.3. The lowest BCUT2D eigenvalue weighted by Crippen LogP contribution is -1.96. The van der Waals surface area contributed by atoms with Gasteiger partial charge in [0.2, 0.25) is 0 Å².